The molecule has 0 aromatic heterocycles. The maximum absolute atomic E-state index is 15.3. The Morgan fingerprint density at radius 1 is 1.00 bits per heavy atom. The first-order valence-corrected chi connectivity index (χ1v) is 11.2. The molecule has 7 nitrogen and oxygen atoms in total. The number of esters is 2. The molecule has 8 heteroatoms. The molecular formula is C26H24FNO6. The van der Waals surface area contributed by atoms with Crippen molar-refractivity contribution in [3.05, 3.63) is 70.4 Å². The minimum absolute atomic E-state index is 0.00829. The van der Waals surface area contributed by atoms with Gasteiger partial charge in [0.1, 0.15) is 22.8 Å². The van der Waals surface area contributed by atoms with Crippen LogP contribution in [0.25, 0.3) is 11.1 Å². The van der Waals surface area contributed by atoms with E-state index < -0.39 is 23.5 Å². The number of hydrogen-bond donors (Lipinski definition) is 0. The van der Waals surface area contributed by atoms with Gasteiger partial charge in [-0.2, -0.15) is 0 Å². The van der Waals surface area contributed by atoms with Gasteiger partial charge in [0.05, 0.1) is 18.8 Å². The molecule has 3 heterocycles. The van der Waals surface area contributed by atoms with Crippen LogP contribution in [0.5, 0.6) is 5.75 Å². The van der Waals surface area contributed by atoms with E-state index in [0.29, 0.717) is 33.9 Å². The number of halogens is 1. The van der Waals surface area contributed by atoms with Crippen LogP contribution in [0.15, 0.2) is 47.9 Å². The Morgan fingerprint density at radius 3 is 2.29 bits per heavy atom. The van der Waals surface area contributed by atoms with Crippen molar-refractivity contribution in [2.45, 2.75) is 33.4 Å². The van der Waals surface area contributed by atoms with E-state index in [9.17, 15) is 9.59 Å². The maximum Gasteiger partial charge on any atom is 0.342 e. The molecule has 5 rings (SSSR count). The molecule has 0 saturated carbocycles. The molecule has 3 aliphatic rings. The van der Waals surface area contributed by atoms with Gasteiger partial charge in [-0.3, -0.25) is 4.90 Å². The summed E-state index contributed by atoms with van der Waals surface area (Å²) in [6.07, 6.45) is 0. The van der Waals surface area contributed by atoms with Crippen molar-refractivity contribution < 1.29 is 32.9 Å². The van der Waals surface area contributed by atoms with Crippen molar-refractivity contribution in [2.75, 3.05) is 24.7 Å². The Morgan fingerprint density at radius 2 is 1.62 bits per heavy atom. The molecule has 0 aliphatic carbocycles. The molecule has 1 atom stereocenters. The lowest BCUT2D eigenvalue weighted by atomic mass is 9.78. The number of fused-ring (bicyclic) bond motifs is 2. The zero-order valence-corrected chi connectivity index (χ0v) is 19.4. The highest BCUT2D eigenvalue weighted by molar-refractivity contribution is 6.22. The number of anilines is 1. The van der Waals surface area contributed by atoms with Crippen molar-refractivity contribution in [2.24, 2.45) is 0 Å². The van der Waals surface area contributed by atoms with E-state index in [4.69, 9.17) is 18.9 Å². The third kappa shape index (κ3) is 2.87. The normalized spacial score (nSPS) is 20.0. The molecule has 0 radical (unpaired) electrons. The number of nitrogens with zero attached hydrogens (tertiary/aromatic N) is 1. The Labute approximate surface area is 196 Å². The third-order valence-electron chi connectivity index (χ3n) is 6.28. The highest BCUT2D eigenvalue weighted by atomic mass is 19.1. The average Bonchev–Trinajstić information content (AvgIpc) is 2.79. The SMILES string of the molecule is CCOC(=O)C1=C(C)OC23COc4cccc(F)c4N2C(C)=C(C(=O)OCC)c2cccc1c23. The topological polar surface area (TPSA) is 74.3 Å². The summed E-state index contributed by atoms with van der Waals surface area (Å²) in [5.74, 6) is -0.960. The molecule has 0 amide bonds. The summed E-state index contributed by atoms with van der Waals surface area (Å²) >= 11 is 0. The van der Waals surface area contributed by atoms with Crippen LogP contribution in [0.3, 0.4) is 0 Å². The first kappa shape index (κ1) is 22.0. The monoisotopic (exact) mass is 465 g/mol. The Bertz CT molecular complexity index is 1300. The summed E-state index contributed by atoms with van der Waals surface area (Å²) in [7, 11) is 0. The van der Waals surface area contributed by atoms with E-state index in [0.717, 1.165) is 0 Å². The van der Waals surface area contributed by atoms with Gasteiger partial charge in [0.15, 0.2) is 12.4 Å². The van der Waals surface area contributed by atoms with Crippen LogP contribution in [0, 0.1) is 5.82 Å². The molecule has 34 heavy (non-hydrogen) atoms. The summed E-state index contributed by atoms with van der Waals surface area (Å²) in [4.78, 5) is 27.7. The summed E-state index contributed by atoms with van der Waals surface area (Å²) < 4.78 is 38.4. The molecule has 0 N–H and O–H groups in total. The minimum atomic E-state index is -1.33. The Balaban J connectivity index is 1.87. The maximum atomic E-state index is 15.3. The van der Waals surface area contributed by atoms with Crippen LogP contribution in [0.2, 0.25) is 0 Å². The van der Waals surface area contributed by atoms with Crippen molar-refractivity contribution in [3.8, 4) is 5.75 Å². The number of carbonyl (C=O) groups excluding carboxylic acids is 2. The van der Waals surface area contributed by atoms with Gasteiger partial charge in [0.25, 0.3) is 0 Å². The fraction of sp³-hybridized carbons (Fsp3) is 0.308. The Hall–Kier alpha value is -3.81. The lowest BCUT2D eigenvalue weighted by Crippen LogP contribution is -2.58. The van der Waals surface area contributed by atoms with E-state index in [1.54, 1.807) is 62.9 Å². The number of ether oxygens (including phenoxy) is 4. The number of carbonyl (C=O) groups is 2. The van der Waals surface area contributed by atoms with E-state index >= 15 is 4.39 Å². The van der Waals surface area contributed by atoms with Gasteiger partial charge in [0, 0.05) is 22.4 Å². The van der Waals surface area contributed by atoms with Gasteiger partial charge >= 0.3 is 11.9 Å². The Kier molecular flexibility index (Phi) is 5.11. The average molecular weight is 465 g/mol. The number of benzene rings is 2. The lowest BCUT2D eigenvalue weighted by Gasteiger charge is -2.53. The van der Waals surface area contributed by atoms with Gasteiger partial charge in [-0.05, 0) is 39.8 Å². The smallest absolute Gasteiger partial charge is 0.342 e. The van der Waals surface area contributed by atoms with Crippen molar-refractivity contribution in [1.82, 2.24) is 0 Å². The van der Waals surface area contributed by atoms with Gasteiger partial charge in [-0.25, -0.2) is 14.0 Å². The van der Waals surface area contributed by atoms with Gasteiger partial charge in [-0.15, -0.1) is 0 Å². The van der Waals surface area contributed by atoms with E-state index in [1.165, 1.54) is 6.07 Å². The lowest BCUT2D eigenvalue weighted by molar-refractivity contribution is -0.137. The van der Waals surface area contributed by atoms with Gasteiger partial charge in [0.2, 0.25) is 5.72 Å². The predicted octanol–water partition coefficient (Wildman–Crippen LogP) is 4.51. The van der Waals surface area contributed by atoms with Crippen LogP contribution in [0.1, 0.15) is 44.4 Å². The fourth-order valence-electron chi connectivity index (χ4n) is 5.11. The zero-order valence-electron chi connectivity index (χ0n) is 19.4. The van der Waals surface area contributed by atoms with Crippen LogP contribution in [-0.2, 0) is 29.5 Å². The van der Waals surface area contributed by atoms with Gasteiger partial charge < -0.3 is 18.9 Å². The van der Waals surface area contributed by atoms with Crippen LogP contribution >= 0.6 is 0 Å². The molecule has 0 bridgehead atoms. The van der Waals surface area contributed by atoms with Crippen molar-refractivity contribution in [1.29, 1.82) is 0 Å². The molecular weight excluding hydrogens is 441 g/mol. The standard InChI is InChI=1S/C26H24FNO6/c1-5-31-24(29)20-14(3)28-23-18(27)11-8-12-19(23)33-13-26(28)22-16(20)9-7-10-17(22)21(15(4)34-26)25(30)32-6-2/h7-12H,5-6,13H2,1-4H3. The van der Waals surface area contributed by atoms with E-state index in [2.05, 4.69) is 0 Å². The second-order valence-corrected chi connectivity index (χ2v) is 8.16. The third-order valence-corrected chi connectivity index (χ3v) is 6.28. The predicted molar refractivity (Wildman–Crippen MR) is 122 cm³/mol. The molecule has 2 aromatic rings. The van der Waals surface area contributed by atoms with Crippen molar-refractivity contribution in [3.63, 3.8) is 0 Å². The number of allylic oxidation sites excluding steroid dienone is 2. The van der Waals surface area contributed by atoms with Gasteiger partial charge in [-0.1, -0.05) is 24.3 Å². The summed E-state index contributed by atoms with van der Waals surface area (Å²) in [5, 5.41) is 0. The molecule has 3 aliphatic heterocycles. The number of para-hydroxylation sites is 1. The zero-order chi connectivity index (χ0) is 24.2. The first-order chi connectivity index (χ1) is 16.4. The second-order valence-electron chi connectivity index (χ2n) is 8.16. The largest absolute Gasteiger partial charge is 0.485 e. The minimum Gasteiger partial charge on any atom is -0.485 e. The number of hydrogen-bond acceptors (Lipinski definition) is 7. The summed E-state index contributed by atoms with van der Waals surface area (Å²) in [5.41, 5.74) is 1.44. The molecule has 0 fully saturated rings. The molecule has 2 aromatic carbocycles. The van der Waals surface area contributed by atoms with Crippen LogP contribution < -0.4 is 9.64 Å². The van der Waals surface area contributed by atoms with E-state index in [-0.39, 0.29) is 36.7 Å². The molecule has 1 unspecified atom stereocenters. The fourth-order valence-corrected chi connectivity index (χ4v) is 5.11. The van der Waals surface area contributed by atoms with Crippen molar-refractivity contribution >= 4 is 28.8 Å². The second kappa shape index (κ2) is 7.90. The highest BCUT2D eigenvalue weighted by Crippen LogP contribution is 2.56. The summed E-state index contributed by atoms with van der Waals surface area (Å²) in [6, 6.07) is 9.87. The number of rotatable bonds is 4. The van der Waals surface area contributed by atoms with Crippen LogP contribution in [-0.4, -0.2) is 31.8 Å². The summed E-state index contributed by atoms with van der Waals surface area (Å²) in [6.45, 7) is 7.22. The molecule has 176 valence electrons. The quantitative estimate of drug-likeness (QED) is 0.615. The van der Waals surface area contributed by atoms with Crippen LogP contribution in [0.4, 0.5) is 10.1 Å². The molecule has 0 saturated heterocycles. The first-order valence-electron chi connectivity index (χ1n) is 11.2. The van der Waals surface area contributed by atoms with E-state index in [1.807, 2.05) is 0 Å². The highest BCUT2D eigenvalue weighted by Gasteiger charge is 2.57. The molecule has 1 spiro atoms.